The van der Waals surface area contributed by atoms with Gasteiger partial charge in [0.05, 0.1) is 18.5 Å². The minimum absolute atomic E-state index is 0.119. The molecule has 0 aliphatic carbocycles. The number of pyridine rings is 1. The number of piperazine rings is 1. The number of aliphatic hydroxyl groups excluding tert-OH is 1. The van der Waals surface area contributed by atoms with Crippen LogP contribution in [0.15, 0.2) is 18.3 Å². The van der Waals surface area contributed by atoms with Crippen molar-refractivity contribution in [2.75, 3.05) is 37.7 Å². The summed E-state index contributed by atoms with van der Waals surface area (Å²) in [6.45, 7) is 9.66. The highest BCUT2D eigenvalue weighted by Crippen LogP contribution is 2.17. The third-order valence-corrected chi connectivity index (χ3v) is 3.93. The molecule has 8 heteroatoms. The Bertz CT molecular complexity index is 619. The van der Waals surface area contributed by atoms with Crippen LogP contribution < -0.4 is 10.2 Å². The Morgan fingerprint density at radius 1 is 1.27 bits per heavy atom. The Hall–Kier alpha value is -2.35. The minimum Gasteiger partial charge on any atom is -0.444 e. The predicted octanol–water partition coefficient (Wildman–Crippen LogP) is 1.25. The number of hydrogen-bond donors (Lipinski definition) is 2. The Morgan fingerprint density at radius 2 is 1.92 bits per heavy atom. The standard InChI is InChI=1S/C18H28N4O4/c1-13(12-23)20-16(24)15-6-5-14(11-19-15)21-7-9-22(10-8-21)17(25)26-18(2,3)4/h5-6,11,13,23H,7-10,12H2,1-4H3,(H,20,24)/t13-/m0/s1. The van der Waals surface area contributed by atoms with E-state index in [0.29, 0.717) is 31.9 Å². The smallest absolute Gasteiger partial charge is 0.410 e. The van der Waals surface area contributed by atoms with Crippen LogP contribution in [0.1, 0.15) is 38.2 Å². The number of hydrogen-bond acceptors (Lipinski definition) is 6. The predicted molar refractivity (Wildman–Crippen MR) is 98.3 cm³/mol. The number of carbonyl (C=O) groups excluding carboxylic acids is 2. The number of nitrogens with one attached hydrogen (secondary N) is 1. The summed E-state index contributed by atoms with van der Waals surface area (Å²) in [4.78, 5) is 32.1. The lowest BCUT2D eigenvalue weighted by Crippen LogP contribution is -2.50. The van der Waals surface area contributed by atoms with Gasteiger partial charge in [-0.1, -0.05) is 0 Å². The topological polar surface area (TPSA) is 95.0 Å². The van der Waals surface area contributed by atoms with Gasteiger partial charge in [-0.3, -0.25) is 4.79 Å². The Kier molecular flexibility index (Phi) is 6.42. The first-order chi connectivity index (χ1) is 12.2. The molecular weight excluding hydrogens is 336 g/mol. The first-order valence-electron chi connectivity index (χ1n) is 8.80. The molecule has 2 rings (SSSR count). The molecule has 0 spiro atoms. The number of rotatable bonds is 4. The van der Waals surface area contributed by atoms with Gasteiger partial charge in [0.2, 0.25) is 0 Å². The van der Waals surface area contributed by atoms with Gasteiger partial charge >= 0.3 is 6.09 Å². The number of aliphatic hydroxyl groups is 1. The van der Waals surface area contributed by atoms with Crippen molar-refractivity contribution in [3.8, 4) is 0 Å². The van der Waals surface area contributed by atoms with Crippen molar-refractivity contribution in [1.82, 2.24) is 15.2 Å². The van der Waals surface area contributed by atoms with Crippen LogP contribution in [0, 0.1) is 0 Å². The maximum Gasteiger partial charge on any atom is 0.410 e. The molecule has 1 fully saturated rings. The number of nitrogens with zero attached hydrogens (tertiary/aromatic N) is 3. The number of aromatic nitrogens is 1. The van der Waals surface area contributed by atoms with Gasteiger partial charge in [-0.2, -0.15) is 0 Å². The summed E-state index contributed by atoms with van der Waals surface area (Å²) < 4.78 is 5.39. The molecule has 0 bridgehead atoms. The van der Waals surface area contributed by atoms with Crippen molar-refractivity contribution in [1.29, 1.82) is 0 Å². The first-order valence-corrected chi connectivity index (χ1v) is 8.80. The van der Waals surface area contributed by atoms with Crippen LogP contribution >= 0.6 is 0 Å². The van der Waals surface area contributed by atoms with E-state index in [1.54, 1.807) is 24.1 Å². The van der Waals surface area contributed by atoms with E-state index in [0.717, 1.165) is 5.69 Å². The van der Waals surface area contributed by atoms with Gasteiger partial charge in [0.25, 0.3) is 5.91 Å². The van der Waals surface area contributed by atoms with E-state index in [4.69, 9.17) is 9.84 Å². The SMILES string of the molecule is C[C@@H](CO)NC(=O)c1ccc(N2CCN(C(=O)OC(C)(C)C)CC2)cn1. The van der Waals surface area contributed by atoms with Gasteiger partial charge in [-0.15, -0.1) is 0 Å². The summed E-state index contributed by atoms with van der Waals surface area (Å²) in [7, 11) is 0. The van der Waals surface area contributed by atoms with Gasteiger partial charge in [0.1, 0.15) is 11.3 Å². The van der Waals surface area contributed by atoms with Crippen LogP contribution in [0.4, 0.5) is 10.5 Å². The third kappa shape index (κ3) is 5.59. The van der Waals surface area contributed by atoms with E-state index in [1.165, 1.54) is 0 Å². The molecule has 2 heterocycles. The van der Waals surface area contributed by atoms with Crippen molar-refractivity contribution in [2.24, 2.45) is 0 Å². The van der Waals surface area contributed by atoms with Gasteiger partial charge < -0.3 is 25.0 Å². The van der Waals surface area contributed by atoms with Gasteiger partial charge in [-0.05, 0) is 39.8 Å². The Balaban J connectivity index is 1.89. The molecule has 2 N–H and O–H groups in total. The number of amides is 2. The third-order valence-electron chi connectivity index (χ3n) is 3.93. The molecule has 26 heavy (non-hydrogen) atoms. The lowest BCUT2D eigenvalue weighted by molar-refractivity contribution is 0.0240. The van der Waals surface area contributed by atoms with E-state index in [-0.39, 0.29) is 24.6 Å². The summed E-state index contributed by atoms with van der Waals surface area (Å²) in [6, 6.07) is 3.19. The fourth-order valence-electron chi connectivity index (χ4n) is 2.52. The first kappa shape index (κ1) is 20.0. The van der Waals surface area contributed by atoms with E-state index in [9.17, 15) is 9.59 Å². The molecule has 1 aliphatic heterocycles. The number of anilines is 1. The second-order valence-electron chi connectivity index (χ2n) is 7.41. The second-order valence-corrected chi connectivity index (χ2v) is 7.41. The van der Waals surface area contributed by atoms with Crippen molar-refractivity contribution in [2.45, 2.75) is 39.3 Å². The van der Waals surface area contributed by atoms with Crippen molar-refractivity contribution >= 4 is 17.7 Å². The second kappa shape index (κ2) is 8.35. The summed E-state index contributed by atoms with van der Waals surface area (Å²) in [5.74, 6) is -0.312. The van der Waals surface area contributed by atoms with Crippen LogP contribution in [0.2, 0.25) is 0 Å². The Labute approximate surface area is 154 Å². The van der Waals surface area contributed by atoms with E-state index in [2.05, 4.69) is 15.2 Å². The zero-order valence-electron chi connectivity index (χ0n) is 15.9. The summed E-state index contributed by atoms with van der Waals surface area (Å²) in [5, 5.41) is 11.6. The van der Waals surface area contributed by atoms with E-state index in [1.807, 2.05) is 26.8 Å². The number of carbonyl (C=O) groups is 2. The maximum atomic E-state index is 12.1. The average molecular weight is 364 g/mol. The maximum absolute atomic E-state index is 12.1. The molecule has 8 nitrogen and oxygen atoms in total. The molecule has 2 amide bonds. The molecule has 1 aromatic rings. The normalized spacial score (nSPS) is 16.2. The number of ether oxygens (including phenoxy) is 1. The monoisotopic (exact) mass is 364 g/mol. The minimum atomic E-state index is -0.498. The fourth-order valence-corrected chi connectivity index (χ4v) is 2.52. The molecule has 144 valence electrons. The van der Waals surface area contributed by atoms with Crippen molar-refractivity contribution in [3.63, 3.8) is 0 Å². The van der Waals surface area contributed by atoms with Crippen molar-refractivity contribution in [3.05, 3.63) is 24.0 Å². The largest absolute Gasteiger partial charge is 0.444 e. The summed E-state index contributed by atoms with van der Waals surface area (Å²) >= 11 is 0. The zero-order chi connectivity index (χ0) is 19.3. The highest BCUT2D eigenvalue weighted by Gasteiger charge is 2.26. The molecule has 0 radical (unpaired) electrons. The van der Waals surface area contributed by atoms with Crippen LogP contribution in [-0.2, 0) is 4.74 Å². The lowest BCUT2D eigenvalue weighted by Gasteiger charge is -2.36. The molecule has 1 aromatic heterocycles. The molecule has 0 unspecified atom stereocenters. The molecule has 0 aromatic carbocycles. The summed E-state index contributed by atoms with van der Waals surface area (Å²) in [6.07, 6.45) is 1.36. The molecule has 1 saturated heterocycles. The van der Waals surface area contributed by atoms with Gasteiger partial charge in [-0.25, -0.2) is 9.78 Å². The van der Waals surface area contributed by atoms with Gasteiger partial charge in [0.15, 0.2) is 0 Å². The fraction of sp³-hybridized carbons (Fsp3) is 0.611. The zero-order valence-corrected chi connectivity index (χ0v) is 15.9. The van der Waals surface area contributed by atoms with Gasteiger partial charge in [0, 0.05) is 32.2 Å². The van der Waals surface area contributed by atoms with Crippen LogP contribution in [0.3, 0.4) is 0 Å². The van der Waals surface area contributed by atoms with Crippen LogP contribution in [0.25, 0.3) is 0 Å². The lowest BCUT2D eigenvalue weighted by atomic mass is 10.2. The van der Waals surface area contributed by atoms with Crippen LogP contribution in [0.5, 0.6) is 0 Å². The molecule has 1 atom stereocenters. The van der Waals surface area contributed by atoms with E-state index >= 15 is 0 Å². The molecule has 1 aliphatic rings. The highest BCUT2D eigenvalue weighted by molar-refractivity contribution is 5.92. The quantitative estimate of drug-likeness (QED) is 0.835. The summed E-state index contributed by atoms with van der Waals surface area (Å²) in [5.41, 5.74) is 0.712. The molecule has 0 saturated carbocycles. The Morgan fingerprint density at radius 3 is 2.42 bits per heavy atom. The highest BCUT2D eigenvalue weighted by atomic mass is 16.6. The average Bonchev–Trinajstić information content (AvgIpc) is 2.60. The van der Waals surface area contributed by atoms with Crippen LogP contribution in [-0.4, -0.2) is 71.4 Å². The molecular formula is C18H28N4O4. The van der Waals surface area contributed by atoms with E-state index < -0.39 is 5.60 Å². The van der Waals surface area contributed by atoms with Crippen molar-refractivity contribution < 1.29 is 19.4 Å².